The van der Waals surface area contributed by atoms with Gasteiger partial charge < -0.3 is 15.0 Å². The summed E-state index contributed by atoms with van der Waals surface area (Å²) >= 11 is 0. The first-order valence-corrected chi connectivity index (χ1v) is 7.53. The summed E-state index contributed by atoms with van der Waals surface area (Å²) in [5, 5.41) is 2.90. The van der Waals surface area contributed by atoms with E-state index < -0.39 is 0 Å². The maximum atomic E-state index is 11.0. The Hall–Kier alpha value is -1.85. The lowest BCUT2D eigenvalue weighted by Crippen LogP contribution is -2.41. The molecule has 1 N–H and O–H groups in total. The Bertz CT molecular complexity index is 478. The fraction of sp³-hybridized carbons (Fsp3) is 0.667. The largest absolute Gasteiger partial charge is 0.472 e. The zero-order valence-electron chi connectivity index (χ0n) is 13.0. The van der Waals surface area contributed by atoms with Gasteiger partial charge in [-0.15, -0.1) is 0 Å². The predicted octanol–water partition coefficient (Wildman–Crippen LogP) is 1.62. The molecule has 21 heavy (non-hydrogen) atoms. The van der Waals surface area contributed by atoms with Crippen molar-refractivity contribution in [1.29, 1.82) is 0 Å². The van der Waals surface area contributed by atoms with Gasteiger partial charge in [-0.2, -0.15) is 0 Å². The molecule has 1 saturated heterocycles. The van der Waals surface area contributed by atoms with Gasteiger partial charge in [0, 0.05) is 39.0 Å². The quantitative estimate of drug-likeness (QED) is 0.893. The first kappa shape index (κ1) is 15.5. The molecule has 1 atom stereocenters. The molecule has 1 unspecified atom stereocenters. The van der Waals surface area contributed by atoms with E-state index in [0.717, 1.165) is 31.7 Å². The minimum atomic E-state index is 0.0236. The lowest BCUT2D eigenvalue weighted by atomic mass is 9.98. The molecule has 0 aromatic carbocycles. The summed E-state index contributed by atoms with van der Waals surface area (Å²) in [5.41, 5.74) is 0. The van der Waals surface area contributed by atoms with E-state index in [1.807, 2.05) is 13.8 Å². The normalized spacial score (nSPS) is 18.7. The third kappa shape index (κ3) is 4.58. The fourth-order valence-electron chi connectivity index (χ4n) is 2.55. The molecular formula is C15H24N4O2. The van der Waals surface area contributed by atoms with Crippen molar-refractivity contribution in [2.45, 2.75) is 39.7 Å². The maximum Gasteiger partial charge on any atom is 0.257 e. The molecule has 2 rings (SSSR count). The van der Waals surface area contributed by atoms with Crippen molar-refractivity contribution in [1.82, 2.24) is 15.3 Å². The van der Waals surface area contributed by atoms with Crippen molar-refractivity contribution in [2.75, 3.05) is 24.5 Å². The number of nitrogens with zero attached hydrogens (tertiary/aromatic N) is 3. The van der Waals surface area contributed by atoms with Gasteiger partial charge in [0.05, 0.1) is 6.10 Å². The lowest BCUT2D eigenvalue weighted by Gasteiger charge is -2.34. The van der Waals surface area contributed by atoms with Crippen molar-refractivity contribution in [2.24, 2.45) is 5.92 Å². The molecule has 0 spiro atoms. The summed E-state index contributed by atoms with van der Waals surface area (Å²) in [5.74, 6) is 1.86. The van der Waals surface area contributed by atoms with Gasteiger partial charge in [0.1, 0.15) is 0 Å². The SMILES string of the molecule is CC(=O)NCC1CCCN(c2nccnc2OC(C)C)C1. The molecule has 6 nitrogen and oxygen atoms in total. The van der Waals surface area contributed by atoms with E-state index in [4.69, 9.17) is 4.74 Å². The van der Waals surface area contributed by atoms with Crippen LogP contribution >= 0.6 is 0 Å². The molecule has 1 fully saturated rings. The van der Waals surface area contributed by atoms with Gasteiger partial charge in [0.15, 0.2) is 5.82 Å². The zero-order chi connectivity index (χ0) is 15.2. The molecule has 116 valence electrons. The minimum absolute atomic E-state index is 0.0236. The predicted molar refractivity (Wildman–Crippen MR) is 81.4 cm³/mol. The van der Waals surface area contributed by atoms with Gasteiger partial charge in [0.25, 0.3) is 5.88 Å². The van der Waals surface area contributed by atoms with Crippen molar-refractivity contribution in [3.05, 3.63) is 12.4 Å². The van der Waals surface area contributed by atoms with Crippen molar-refractivity contribution < 1.29 is 9.53 Å². The van der Waals surface area contributed by atoms with Crippen LogP contribution < -0.4 is 15.0 Å². The van der Waals surface area contributed by atoms with Gasteiger partial charge in [-0.1, -0.05) is 0 Å². The lowest BCUT2D eigenvalue weighted by molar-refractivity contribution is -0.119. The van der Waals surface area contributed by atoms with Gasteiger partial charge in [-0.05, 0) is 32.6 Å². The highest BCUT2D eigenvalue weighted by Crippen LogP contribution is 2.28. The number of ether oxygens (including phenoxy) is 1. The average molecular weight is 292 g/mol. The number of aromatic nitrogens is 2. The van der Waals surface area contributed by atoms with Gasteiger partial charge in [0.2, 0.25) is 5.91 Å². The molecule has 0 aliphatic carbocycles. The van der Waals surface area contributed by atoms with Crippen molar-refractivity contribution >= 4 is 11.7 Å². The number of nitrogens with one attached hydrogen (secondary N) is 1. The topological polar surface area (TPSA) is 67.4 Å². The maximum absolute atomic E-state index is 11.0. The third-order valence-corrected chi connectivity index (χ3v) is 3.45. The number of rotatable bonds is 5. The van der Waals surface area contributed by atoms with Crippen LogP contribution in [0.15, 0.2) is 12.4 Å². The number of carbonyl (C=O) groups excluding carboxylic acids is 1. The molecule has 6 heteroatoms. The summed E-state index contributed by atoms with van der Waals surface area (Å²) in [6.45, 7) is 8.05. The van der Waals surface area contributed by atoms with E-state index in [1.165, 1.54) is 0 Å². The summed E-state index contributed by atoms with van der Waals surface area (Å²) in [4.78, 5) is 22.0. The highest BCUT2D eigenvalue weighted by atomic mass is 16.5. The molecule has 1 aliphatic rings. The Morgan fingerprint density at radius 3 is 2.95 bits per heavy atom. The van der Waals surface area contributed by atoms with Gasteiger partial charge in [-0.25, -0.2) is 9.97 Å². The Kier molecular flexibility index (Phi) is 5.36. The molecular weight excluding hydrogens is 268 g/mol. The molecule has 2 heterocycles. The Labute approximate surface area is 125 Å². The number of amides is 1. The molecule has 1 aliphatic heterocycles. The van der Waals surface area contributed by atoms with Crippen LogP contribution in [0.2, 0.25) is 0 Å². The smallest absolute Gasteiger partial charge is 0.257 e. The van der Waals surface area contributed by atoms with E-state index in [0.29, 0.717) is 18.3 Å². The third-order valence-electron chi connectivity index (χ3n) is 3.45. The number of hydrogen-bond donors (Lipinski definition) is 1. The first-order chi connectivity index (χ1) is 10.1. The van der Waals surface area contributed by atoms with E-state index in [2.05, 4.69) is 20.2 Å². The Morgan fingerprint density at radius 1 is 1.48 bits per heavy atom. The second-order valence-corrected chi connectivity index (χ2v) is 5.74. The number of hydrogen-bond acceptors (Lipinski definition) is 5. The van der Waals surface area contributed by atoms with E-state index in [-0.39, 0.29) is 12.0 Å². The molecule has 0 bridgehead atoms. The van der Waals surface area contributed by atoms with Crippen LogP contribution in [-0.4, -0.2) is 41.6 Å². The van der Waals surface area contributed by atoms with Crippen LogP contribution in [0.3, 0.4) is 0 Å². The minimum Gasteiger partial charge on any atom is -0.472 e. The van der Waals surface area contributed by atoms with Crippen LogP contribution in [-0.2, 0) is 4.79 Å². The highest BCUT2D eigenvalue weighted by molar-refractivity contribution is 5.72. The first-order valence-electron chi connectivity index (χ1n) is 7.53. The summed E-state index contributed by atoms with van der Waals surface area (Å²) < 4.78 is 5.75. The molecule has 1 aromatic heterocycles. The molecule has 1 aromatic rings. The van der Waals surface area contributed by atoms with E-state index >= 15 is 0 Å². The number of anilines is 1. The highest BCUT2D eigenvalue weighted by Gasteiger charge is 2.24. The number of carbonyl (C=O) groups is 1. The van der Waals surface area contributed by atoms with Crippen molar-refractivity contribution in [3.63, 3.8) is 0 Å². The van der Waals surface area contributed by atoms with Crippen LogP contribution in [0.25, 0.3) is 0 Å². The van der Waals surface area contributed by atoms with Crippen LogP contribution in [0.1, 0.15) is 33.6 Å². The van der Waals surface area contributed by atoms with Crippen LogP contribution in [0.4, 0.5) is 5.82 Å². The molecule has 1 amide bonds. The summed E-state index contributed by atoms with van der Waals surface area (Å²) in [7, 11) is 0. The van der Waals surface area contributed by atoms with E-state index in [9.17, 15) is 4.79 Å². The molecule has 0 saturated carbocycles. The molecule has 0 radical (unpaired) electrons. The van der Waals surface area contributed by atoms with Crippen LogP contribution in [0.5, 0.6) is 5.88 Å². The van der Waals surface area contributed by atoms with Crippen molar-refractivity contribution in [3.8, 4) is 5.88 Å². The number of piperidine rings is 1. The Balaban J connectivity index is 2.05. The zero-order valence-corrected chi connectivity index (χ0v) is 13.0. The summed E-state index contributed by atoms with van der Waals surface area (Å²) in [6, 6.07) is 0. The average Bonchev–Trinajstić information content (AvgIpc) is 2.45. The van der Waals surface area contributed by atoms with E-state index in [1.54, 1.807) is 19.3 Å². The monoisotopic (exact) mass is 292 g/mol. The van der Waals surface area contributed by atoms with Crippen LogP contribution in [0, 0.1) is 5.92 Å². The second kappa shape index (κ2) is 7.24. The second-order valence-electron chi connectivity index (χ2n) is 5.74. The Morgan fingerprint density at radius 2 is 2.24 bits per heavy atom. The fourth-order valence-corrected chi connectivity index (χ4v) is 2.55. The standard InChI is InChI=1S/C15H24N4O2/c1-11(2)21-15-14(16-6-7-17-15)19-8-4-5-13(10-19)9-18-12(3)20/h6-7,11,13H,4-5,8-10H2,1-3H3,(H,18,20). The van der Waals surface area contributed by atoms with Gasteiger partial charge >= 0.3 is 0 Å². The van der Waals surface area contributed by atoms with Gasteiger partial charge in [-0.3, -0.25) is 4.79 Å². The summed E-state index contributed by atoms with van der Waals surface area (Å²) in [6.07, 6.45) is 5.62.